The lowest BCUT2D eigenvalue weighted by molar-refractivity contribution is 0.0299. The van der Waals surface area contributed by atoms with Crippen LogP contribution >= 0.6 is 11.3 Å². The van der Waals surface area contributed by atoms with E-state index in [2.05, 4.69) is 10.3 Å². The Kier molecular flexibility index (Phi) is 4.94. The van der Waals surface area contributed by atoms with Crippen molar-refractivity contribution in [3.63, 3.8) is 0 Å². The molecule has 5 heteroatoms. The first-order valence-corrected chi connectivity index (χ1v) is 7.08. The van der Waals surface area contributed by atoms with Gasteiger partial charge in [-0.25, -0.2) is 4.98 Å². The molecular weight excluding hydrogens is 236 g/mol. The van der Waals surface area contributed by atoms with E-state index in [1.54, 1.807) is 10.9 Å². The molecule has 1 N–H and O–H groups in total. The standard InChI is InChI=1S/C12H18N2O2S/c15-12(11-8-17-9-14-11)13-6-7-16-10-4-2-1-3-5-10/h8-10H,1-7H2,(H,13,15). The van der Waals surface area contributed by atoms with Crippen LogP contribution in [0.2, 0.25) is 0 Å². The molecule has 0 unspecified atom stereocenters. The molecule has 94 valence electrons. The van der Waals surface area contributed by atoms with Crippen molar-refractivity contribution in [1.29, 1.82) is 0 Å². The third kappa shape index (κ3) is 4.09. The molecule has 0 bridgehead atoms. The lowest BCUT2D eigenvalue weighted by Gasteiger charge is -2.21. The average molecular weight is 254 g/mol. The number of nitrogens with zero attached hydrogens (tertiary/aromatic N) is 1. The first-order valence-electron chi connectivity index (χ1n) is 6.14. The van der Waals surface area contributed by atoms with Crippen LogP contribution in [0.5, 0.6) is 0 Å². The molecule has 1 amide bonds. The molecule has 0 aromatic carbocycles. The van der Waals surface area contributed by atoms with Crippen LogP contribution < -0.4 is 5.32 Å². The summed E-state index contributed by atoms with van der Waals surface area (Å²) >= 11 is 1.43. The van der Waals surface area contributed by atoms with E-state index in [0.717, 1.165) is 0 Å². The van der Waals surface area contributed by atoms with Crippen molar-refractivity contribution in [2.24, 2.45) is 0 Å². The number of rotatable bonds is 5. The Bertz CT molecular complexity index is 334. The minimum absolute atomic E-state index is 0.113. The first-order chi connectivity index (χ1) is 8.36. The lowest BCUT2D eigenvalue weighted by atomic mass is 9.98. The molecule has 1 saturated carbocycles. The van der Waals surface area contributed by atoms with Gasteiger partial charge in [0.05, 0.1) is 18.2 Å². The van der Waals surface area contributed by atoms with Gasteiger partial charge in [0.2, 0.25) is 0 Å². The molecule has 0 aliphatic heterocycles. The molecule has 0 atom stereocenters. The second kappa shape index (κ2) is 6.71. The summed E-state index contributed by atoms with van der Waals surface area (Å²) < 4.78 is 5.72. The maximum absolute atomic E-state index is 11.5. The predicted molar refractivity (Wildman–Crippen MR) is 67.3 cm³/mol. The molecule has 17 heavy (non-hydrogen) atoms. The molecule has 1 aliphatic rings. The molecule has 1 aromatic rings. The summed E-state index contributed by atoms with van der Waals surface area (Å²) in [6.45, 7) is 1.16. The molecular formula is C12H18N2O2S. The van der Waals surface area contributed by atoms with Crippen molar-refractivity contribution < 1.29 is 9.53 Å². The van der Waals surface area contributed by atoms with Gasteiger partial charge in [0.15, 0.2) is 0 Å². The van der Waals surface area contributed by atoms with Crippen LogP contribution in [-0.4, -0.2) is 30.1 Å². The lowest BCUT2D eigenvalue weighted by Crippen LogP contribution is -2.29. The summed E-state index contributed by atoms with van der Waals surface area (Å²) in [6, 6.07) is 0. The average Bonchev–Trinajstić information content (AvgIpc) is 2.89. The van der Waals surface area contributed by atoms with Gasteiger partial charge in [-0.05, 0) is 12.8 Å². The number of hydrogen-bond donors (Lipinski definition) is 1. The predicted octanol–water partition coefficient (Wildman–Crippen LogP) is 2.22. The minimum atomic E-state index is -0.113. The number of amides is 1. The highest BCUT2D eigenvalue weighted by molar-refractivity contribution is 7.07. The number of ether oxygens (including phenoxy) is 1. The van der Waals surface area contributed by atoms with Crippen LogP contribution in [0.15, 0.2) is 10.9 Å². The van der Waals surface area contributed by atoms with Crippen LogP contribution in [-0.2, 0) is 4.74 Å². The number of nitrogens with one attached hydrogen (secondary N) is 1. The van der Waals surface area contributed by atoms with Gasteiger partial charge in [-0.15, -0.1) is 11.3 Å². The van der Waals surface area contributed by atoms with E-state index in [1.807, 2.05) is 0 Å². The van der Waals surface area contributed by atoms with E-state index in [9.17, 15) is 4.79 Å². The summed E-state index contributed by atoms with van der Waals surface area (Å²) in [5.41, 5.74) is 2.15. The maximum atomic E-state index is 11.5. The van der Waals surface area contributed by atoms with E-state index in [1.165, 1.54) is 43.4 Å². The van der Waals surface area contributed by atoms with Crippen LogP contribution in [0.1, 0.15) is 42.6 Å². The van der Waals surface area contributed by atoms with Gasteiger partial charge >= 0.3 is 0 Å². The molecule has 1 fully saturated rings. The summed E-state index contributed by atoms with van der Waals surface area (Å²) in [4.78, 5) is 15.5. The number of aromatic nitrogens is 1. The Morgan fingerprint density at radius 3 is 3.00 bits per heavy atom. The highest BCUT2D eigenvalue weighted by atomic mass is 32.1. The third-order valence-electron chi connectivity index (χ3n) is 2.96. The quantitative estimate of drug-likeness (QED) is 0.820. The Labute approximate surface area is 105 Å². The molecule has 0 radical (unpaired) electrons. The zero-order valence-corrected chi connectivity index (χ0v) is 10.7. The monoisotopic (exact) mass is 254 g/mol. The number of hydrogen-bond acceptors (Lipinski definition) is 4. The van der Waals surface area contributed by atoms with Crippen LogP contribution in [0.3, 0.4) is 0 Å². The van der Waals surface area contributed by atoms with Crippen LogP contribution in [0.4, 0.5) is 0 Å². The van der Waals surface area contributed by atoms with E-state index in [4.69, 9.17) is 4.74 Å². The molecule has 0 saturated heterocycles. The van der Waals surface area contributed by atoms with Gasteiger partial charge in [-0.3, -0.25) is 4.79 Å². The number of thiazole rings is 1. The Hall–Kier alpha value is -0.940. The van der Waals surface area contributed by atoms with Crippen LogP contribution in [0.25, 0.3) is 0 Å². The molecule has 2 rings (SSSR count). The summed E-state index contributed by atoms with van der Waals surface area (Å²) in [6.07, 6.45) is 6.62. The van der Waals surface area contributed by atoms with E-state index in [-0.39, 0.29) is 5.91 Å². The third-order valence-corrected chi connectivity index (χ3v) is 3.54. The van der Waals surface area contributed by atoms with Gasteiger partial charge in [-0.1, -0.05) is 19.3 Å². The zero-order chi connectivity index (χ0) is 11.9. The van der Waals surface area contributed by atoms with Crippen molar-refractivity contribution in [3.8, 4) is 0 Å². The van der Waals surface area contributed by atoms with Crippen LogP contribution in [0, 0.1) is 0 Å². The molecule has 1 aliphatic carbocycles. The molecule has 1 aromatic heterocycles. The highest BCUT2D eigenvalue weighted by Crippen LogP contribution is 2.19. The van der Waals surface area contributed by atoms with Gasteiger partial charge < -0.3 is 10.1 Å². The Balaban J connectivity index is 1.58. The normalized spacial score (nSPS) is 16.9. The van der Waals surface area contributed by atoms with E-state index < -0.39 is 0 Å². The fraction of sp³-hybridized carbons (Fsp3) is 0.667. The minimum Gasteiger partial charge on any atom is -0.376 e. The highest BCUT2D eigenvalue weighted by Gasteiger charge is 2.13. The maximum Gasteiger partial charge on any atom is 0.270 e. The van der Waals surface area contributed by atoms with E-state index >= 15 is 0 Å². The molecule has 0 spiro atoms. The smallest absolute Gasteiger partial charge is 0.270 e. The summed E-state index contributed by atoms with van der Waals surface area (Å²) in [7, 11) is 0. The second-order valence-electron chi connectivity index (χ2n) is 4.26. The Morgan fingerprint density at radius 2 is 2.29 bits per heavy atom. The van der Waals surface area contributed by atoms with Gasteiger partial charge in [0.25, 0.3) is 5.91 Å². The van der Waals surface area contributed by atoms with Gasteiger partial charge in [0.1, 0.15) is 5.69 Å². The fourth-order valence-corrected chi connectivity index (χ4v) is 2.57. The van der Waals surface area contributed by atoms with E-state index in [0.29, 0.717) is 24.9 Å². The van der Waals surface area contributed by atoms with Crippen molar-refractivity contribution in [2.45, 2.75) is 38.2 Å². The zero-order valence-electron chi connectivity index (χ0n) is 9.85. The van der Waals surface area contributed by atoms with Crippen molar-refractivity contribution >= 4 is 17.2 Å². The summed E-state index contributed by atoms with van der Waals surface area (Å²) in [5, 5.41) is 4.55. The van der Waals surface area contributed by atoms with Gasteiger partial charge in [-0.2, -0.15) is 0 Å². The Morgan fingerprint density at radius 1 is 1.47 bits per heavy atom. The van der Waals surface area contributed by atoms with Crippen molar-refractivity contribution in [3.05, 3.63) is 16.6 Å². The number of carbonyl (C=O) groups is 1. The van der Waals surface area contributed by atoms with Crippen molar-refractivity contribution in [2.75, 3.05) is 13.2 Å². The first kappa shape index (κ1) is 12.5. The summed E-state index contributed by atoms with van der Waals surface area (Å²) in [5.74, 6) is -0.113. The SMILES string of the molecule is O=C(NCCOC1CCCCC1)c1cscn1. The van der Waals surface area contributed by atoms with Gasteiger partial charge in [0, 0.05) is 11.9 Å². The van der Waals surface area contributed by atoms with Crippen molar-refractivity contribution in [1.82, 2.24) is 10.3 Å². The molecule has 4 nitrogen and oxygen atoms in total. The number of carbonyl (C=O) groups excluding carboxylic acids is 1. The fourth-order valence-electron chi connectivity index (χ4n) is 2.04. The topological polar surface area (TPSA) is 51.2 Å². The largest absolute Gasteiger partial charge is 0.376 e. The second-order valence-corrected chi connectivity index (χ2v) is 4.98. The molecule has 1 heterocycles.